The highest BCUT2D eigenvalue weighted by molar-refractivity contribution is 5.46. The summed E-state index contributed by atoms with van der Waals surface area (Å²) in [5.41, 5.74) is 1.01. The second-order valence-corrected chi connectivity index (χ2v) is 4.00. The van der Waals surface area contributed by atoms with Gasteiger partial charge in [0.25, 0.3) is 6.43 Å². The number of aryl methyl sites for hydroxylation is 1. The minimum atomic E-state index is -2.35. The second-order valence-electron chi connectivity index (χ2n) is 4.00. The van der Waals surface area contributed by atoms with Crippen LogP contribution in [0.25, 0.3) is 0 Å². The van der Waals surface area contributed by atoms with Gasteiger partial charge in [0.2, 0.25) is 0 Å². The van der Waals surface area contributed by atoms with E-state index in [0.717, 1.165) is 17.8 Å². The minimum absolute atomic E-state index is 0.0819. The fourth-order valence-electron chi connectivity index (χ4n) is 2.03. The third-order valence-corrected chi connectivity index (χ3v) is 2.84. The van der Waals surface area contributed by atoms with E-state index in [1.165, 1.54) is 4.68 Å². The number of hydrogen-bond acceptors (Lipinski definition) is 2. The van der Waals surface area contributed by atoms with Crippen LogP contribution >= 0.6 is 0 Å². The number of anilines is 1. The zero-order valence-corrected chi connectivity index (χ0v) is 8.87. The highest BCUT2D eigenvalue weighted by atomic mass is 19.3. The summed E-state index contributed by atoms with van der Waals surface area (Å²) in [6, 6.07) is -0.699. The zero-order chi connectivity index (χ0) is 11.0. The van der Waals surface area contributed by atoms with E-state index in [1.54, 1.807) is 6.20 Å². The van der Waals surface area contributed by atoms with Crippen LogP contribution in [0.1, 0.15) is 31.9 Å². The number of hydrogen-bond donors (Lipinski definition) is 1. The third kappa shape index (κ3) is 1.70. The molecule has 1 N–H and O–H groups in total. The standard InChI is InChI=1S/C10H15F2N3/c1-3-7-5-13-15-8(9(11)12)4-6(2)14-10(7)15/h5-6,8-9,14H,3-4H2,1-2H3. The van der Waals surface area contributed by atoms with Crippen molar-refractivity contribution in [2.75, 3.05) is 5.32 Å². The molecule has 0 amide bonds. The van der Waals surface area contributed by atoms with Crippen molar-refractivity contribution in [3.05, 3.63) is 11.8 Å². The van der Waals surface area contributed by atoms with E-state index in [2.05, 4.69) is 10.4 Å². The van der Waals surface area contributed by atoms with E-state index in [1.807, 2.05) is 13.8 Å². The minimum Gasteiger partial charge on any atom is -0.368 e. The van der Waals surface area contributed by atoms with E-state index in [0.29, 0.717) is 6.42 Å². The van der Waals surface area contributed by atoms with Crippen LogP contribution in [0.3, 0.4) is 0 Å². The SMILES string of the molecule is CCc1cnn2c1NC(C)CC2C(F)F. The first kappa shape index (κ1) is 10.4. The second kappa shape index (κ2) is 3.79. The fourth-order valence-corrected chi connectivity index (χ4v) is 2.03. The lowest BCUT2D eigenvalue weighted by Gasteiger charge is -2.30. The quantitative estimate of drug-likeness (QED) is 0.821. The molecule has 1 aliphatic rings. The van der Waals surface area contributed by atoms with Crippen molar-refractivity contribution in [1.29, 1.82) is 0 Å². The van der Waals surface area contributed by atoms with Crippen LogP contribution in [0.15, 0.2) is 6.20 Å². The van der Waals surface area contributed by atoms with E-state index in [4.69, 9.17) is 0 Å². The Kier molecular flexibility index (Phi) is 2.63. The lowest BCUT2D eigenvalue weighted by Crippen LogP contribution is -2.33. The molecule has 3 nitrogen and oxygen atoms in total. The summed E-state index contributed by atoms with van der Waals surface area (Å²) in [7, 11) is 0. The van der Waals surface area contributed by atoms with Crippen molar-refractivity contribution in [3.63, 3.8) is 0 Å². The van der Waals surface area contributed by atoms with E-state index in [-0.39, 0.29) is 6.04 Å². The van der Waals surface area contributed by atoms with Gasteiger partial charge in [0.1, 0.15) is 11.9 Å². The molecular formula is C10H15F2N3. The van der Waals surface area contributed by atoms with Gasteiger partial charge in [0.15, 0.2) is 0 Å². The van der Waals surface area contributed by atoms with Gasteiger partial charge < -0.3 is 5.32 Å². The number of rotatable bonds is 2. The Morgan fingerprint density at radius 2 is 2.40 bits per heavy atom. The van der Waals surface area contributed by atoms with Crippen molar-refractivity contribution in [2.24, 2.45) is 0 Å². The summed E-state index contributed by atoms with van der Waals surface area (Å²) >= 11 is 0. The molecule has 0 saturated carbocycles. The van der Waals surface area contributed by atoms with Crippen molar-refractivity contribution in [1.82, 2.24) is 9.78 Å². The number of nitrogens with zero attached hydrogens (tertiary/aromatic N) is 2. The van der Waals surface area contributed by atoms with Crippen LogP contribution in [0.5, 0.6) is 0 Å². The van der Waals surface area contributed by atoms with Crippen LogP contribution in [-0.2, 0) is 6.42 Å². The maximum absolute atomic E-state index is 12.8. The average Bonchev–Trinajstić information content (AvgIpc) is 2.58. The molecule has 0 saturated heterocycles. The highest BCUT2D eigenvalue weighted by Crippen LogP contribution is 2.33. The molecule has 0 bridgehead atoms. The molecule has 2 rings (SSSR count). The summed E-state index contributed by atoms with van der Waals surface area (Å²) in [6.45, 7) is 3.92. The maximum atomic E-state index is 12.8. The van der Waals surface area contributed by atoms with Gasteiger partial charge in [-0.3, -0.25) is 0 Å². The normalized spacial score (nSPS) is 25.1. The van der Waals surface area contributed by atoms with E-state index in [9.17, 15) is 8.78 Å². The molecular weight excluding hydrogens is 200 g/mol. The van der Waals surface area contributed by atoms with Crippen LogP contribution in [0.4, 0.5) is 14.6 Å². The topological polar surface area (TPSA) is 29.9 Å². The Bertz CT molecular complexity index is 348. The summed E-state index contributed by atoms with van der Waals surface area (Å²) in [4.78, 5) is 0. The van der Waals surface area contributed by atoms with Gasteiger partial charge in [-0.2, -0.15) is 5.10 Å². The summed E-state index contributed by atoms with van der Waals surface area (Å²) in [6.07, 6.45) is 0.564. The first-order chi connectivity index (χ1) is 7.13. The molecule has 2 unspecified atom stereocenters. The van der Waals surface area contributed by atoms with Crippen LogP contribution in [0, 0.1) is 0 Å². The lowest BCUT2D eigenvalue weighted by atomic mass is 10.1. The van der Waals surface area contributed by atoms with Gasteiger partial charge in [-0.05, 0) is 19.8 Å². The first-order valence-corrected chi connectivity index (χ1v) is 5.24. The summed E-state index contributed by atoms with van der Waals surface area (Å²) < 4.78 is 27.0. The summed E-state index contributed by atoms with van der Waals surface area (Å²) in [5, 5.41) is 7.25. The molecule has 0 aliphatic carbocycles. The van der Waals surface area contributed by atoms with Crippen LogP contribution < -0.4 is 5.32 Å². The molecule has 15 heavy (non-hydrogen) atoms. The van der Waals surface area contributed by atoms with E-state index < -0.39 is 12.5 Å². The smallest absolute Gasteiger partial charge is 0.260 e. The van der Waals surface area contributed by atoms with Crippen molar-refractivity contribution < 1.29 is 8.78 Å². The zero-order valence-electron chi connectivity index (χ0n) is 8.87. The summed E-state index contributed by atoms with van der Waals surface area (Å²) in [5.74, 6) is 0.765. The first-order valence-electron chi connectivity index (χ1n) is 5.24. The average molecular weight is 215 g/mol. The van der Waals surface area contributed by atoms with Gasteiger partial charge in [-0.25, -0.2) is 13.5 Å². The van der Waals surface area contributed by atoms with Crippen molar-refractivity contribution >= 4 is 5.82 Å². The molecule has 2 atom stereocenters. The van der Waals surface area contributed by atoms with Gasteiger partial charge in [-0.1, -0.05) is 6.92 Å². The maximum Gasteiger partial charge on any atom is 0.260 e. The van der Waals surface area contributed by atoms with Crippen molar-refractivity contribution in [2.45, 2.75) is 45.2 Å². The Labute approximate surface area is 87.5 Å². The van der Waals surface area contributed by atoms with Gasteiger partial charge >= 0.3 is 0 Å². The predicted octanol–water partition coefficient (Wildman–Crippen LogP) is 2.46. The lowest BCUT2D eigenvalue weighted by molar-refractivity contribution is 0.0668. The van der Waals surface area contributed by atoms with Gasteiger partial charge in [0, 0.05) is 11.6 Å². The Balaban J connectivity index is 2.39. The predicted molar refractivity (Wildman–Crippen MR) is 54.3 cm³/mol. The molecule has 84 valence electrons. The monoisotopic (exact) mass is 215 g/mol. The Morgan fingerprint density at radius 3 is 3.00 bits per heavy atom. The highest BCUT2D eigenvalue weighted by Gasteiger charge is 2.32. The molecule has 0 spiro atoms. The molecule has 0 fully saturated rings. The molecule has 5 heteroatoms. The molecule has 1 aromatic heterocycles. The van der Waals surface area contributed by atoms with Crippen LogP contribution in [-0.4, -0.2) is 22.2 Å². The largest absolute Gasteiger partial charge is 0.368 e. The molecule has 1 aromatic rings. The molecule has 2 heterocycles. The Morgan fingerprint density at radius 1 is 1.67 bits per heavy atom. The Hall–Kier alpha value is -1.13. The number of alkyl halides is 2. The number of halogens is 2. The number of nitrogens with one attached hydrogen (secondary N) is 1. The van der Waals surface area contributed by atoms with Gasteiger partial charge in [0.05, 0.1) is 6.20 Å². The fraction of sp³-hybridized carbons (Fsp3) is 0.700. The molecule has 0 aromatic carbocycles. The van der Waals surface area contributed by atoms with Crippen molar-refractivity contribution in [3.8, 4) is 0 Å². The number of aromatic nitrogens is 2. The third-order valence-electron chi connectivity index (χ3n) is 2.84. The van der Waals surface area contributed by atoms with Gasteiger partial charge in [-0.15, -0.1) is 0 Å². The van der Waals surface area contributed by atoms with Crippen LogP contribution in [0.2, 0.25) is 0 Å². The van der Waals surface area contributed by atoms with E-state index >= 15 is 0 Å². The molecule has 0 radical (unpaired) electrons. The number of fused-ring (bicyclic) bond motifs is 1. The molecule has 1 aliphatic heterocycles.